The number of methoxy groups -OCH3 is 2. The van der Waals surface area contributed by atoms with E-state index in [1.54, 1.807) is 24.4 Å². The fourth-order valence-electron chi connectivity index (χ4n) is 13.4. The van der Waals surface area contributed by atoms with E-state index in [1.165, 1.54) is 35.8 Å². The summed E-state index contributed by atoms with van der Waals surface area (Å²) in [5.74, 6) is 16.3. The van der Waals surface area contributed by atoms with Crippen LogP contribution in [0.25, 0.3) is 10.9 Å². The molecule has 2 bridgehead atoms. The fraction of sp³-hybridized carbons (Fsp3) is 0.583. The second-order valence-electron chi connectivity index (χ2n) is 21.9. The molecule has 404 valence electrons. The van der Waals surface area contributed by atoms with Gasteiger partial charge in [-0.15, -0.1) is 5.92 Å². The molecular weight excluding hydrogens is 989 g/mol. The fourth-order valence-corrected chi connectivity index (χ4v) is 16.3. The first kappa shape index (κ1) is 55.4. The van der Waals surface area contributed by atoms with Crippen LogP contribution in [0.1, 0.15) is 130 Å². The van der Waals surface area contributed by atoms with Crippen LogP contribution in [0.4, 0.5) is 0 Å². The number of hydrogen-bond donors (Lipinski definition) is 8. The van der Waals surface area contributed by atoms with Gasteiger partial charge >= 0.3 is 0 Å². The highest BCUT2D eigenvalue weighted by Gasteiger charge is 2.55. The van der Waals surface area contributed by atoms with Crippen LogP contribution in [0.15, 0.2) is 54.7 Å². The van der Waals surface area contributed by atoms with Crippen LogP contribution < -0.4 is 19.5 Å². The van der Waals surface area contributed by atoms with E-state index in [2.05, 4.69) is 40.9 Å². The van der Waals surface area contributed by atoms with E-state index in [-0.39, 0.29) is 70.7 Å². The molecule has 13 nitrogen and oxygen atoms in total. The number of ether oxygens (including phenoxy) is 4. The van der Waals surface area contributed by atoms with Crippen LogP contribution >= 0.6 is 21.6 Å². The number of hydrogen-bond acceptors (Lipinski definition) is 15. The number of aromatic hydroxyl groups is 2. The summed E-state index contributed by atoms with van der Waals surface area (Å²) in [6, 6.07) is 15.0. The van der Waals surface area contributed by atoms with Crippen LogP contribution in [0, 0.1) is 58.7 Å². The van der Waals surface area contributed by atoms with Gasteiger partial charge in [0.15, 0.2) is 23.0 Å². The topological polar surface area (TPSA) is 203 Å². The first-order valence-corrected chi connectivity index (χ1v) is 29.5. The molecule has 0 radical (unpaired) electrons. The summed E-state index contributed by atoms with van der Waals surface area (Å²) < 4.78 is 24.3. The van der Waals surface area contributed by atoms with Crippen LogP contribution in [-0.2, 0) is 17.6 Å². The Morgan fingerprint density at radius 2 is 1.69 bits per heavy atom. The van der Waals surface area contributed by atoms with Gasteiger partial charge in [-0.1, -0.05) is 64.8 Å². The van der Waals surface area contributed by atoms with Gasteiger partial charge in [0.25, 0.3) is 0 Å². The molecule has 0 unspecified atom stereocenters. The lowest BCUT2D eigenvalue weighted by Crippen LogP contribution is -2.54. The van der Waals surface area contributed by atoms with Gasteiger partial charge in [-0.05, 0) is 166 Å². The van der Waals surface area contributed by atoms with Crippen LogP contribution in [0.2, 0.25) is 0 Å². The molecule has 3 heterocycles. The largest absolute Gasteiger partial charge is 0.504 e. The van der Waals surface area contributed by atoms with Crippen molar-refractivity contribution in [3.63, 3.8) is 0 Å². The molecule has 1 spiro atoms. The summed E-state index contributed by atoms with van der Waals surface area (Å²) in [6.45, 7) is 3.39. The number of aryl methyl sites for hydroxylation is 1. The molecule has 12 atom stereocenters. The van der Waals surface area contributed by atoms with Gasteiger partial charge < -0.3 is 60.0 Å². The predicted octanol–water partition coefficient (Wildman–Crippen LogP) is 8.94. The van der Waals surface area contributed by atoms with Crippen molar-refractivity contribution >= 4 is 32.5 Å². The number of aliphatic hydroxyl groups is 5. The van der Waals surface area contributed by atoms with Gasteiger partial charge in [0.1, 0.15) is 12.4 Å². The Labute approximate surface area is 450 Å². The van der Waals surface area contributed by atoms with Crippen molar-refractivity contribution in [2.24, 2.45) is 35.0 Å². The van der Waals surface area contributed by atoms with E-state index in [9.17, 15) is 35.7 Å². The molecule has 9 rings (SSSR count). The van der Waals surface area contributed by atoms with E-state index in [0.717, 1.165) is 84.8 Å². The molecule has 75 heavy (non-hydrogen) atoms. The van der Waals surface area contributed by atoms with Gasteiger partial charge in [-0.25, -0.2) is 0 Å². The van der Waals surface area contributed by atoms with Crippen LogP contribution in [0.5, 0.6) is 28.7 Å². The standard InChI is InChI=1S/C60H76N2O11S2/c1-37-10-12-41-13-17-50(65)45-15-16-49-44(9-7-24-62-49)43(45)8-6-20-59(22-18-40-34-61-23-5-4-21-60(41,32-37)48(40)33-59)73-54-29-39-11-14-42(72-36-64)30-51(66)47(26-38-27-55(70-2)58(69)56(28-38)71-3)53(68)35-74-75-57(19-25-63)46(39)31-52(54)67/h7,9,15-16,24,27-29,31,37,40-42,47-48,50-51,53,57,61,63-69H,5,10-14,17-20,22-23,25-26,30,32-36H2,1-3H3/t37-,40-,41-,42-,47-,48+,50+,51+,53+,57-,59+,60+/m0/s1. The summed E-state index contributed by atoms with van der Waals surface area (Å²) in [6.07, 6.45) is 7.90. The maximum absolute atomic E-state index is 12.3. The van der Waals surface area contributed by atoms with E-state index in [1.807, 2.05) is 30.3 Å². The molecular formula is C60H76N2O11S2. The van der Waals surface area contributed by atoms with Gasteiger partial charge in [0, 0.05) is 65.5 Å². The molecule has 2 aliphatic heterocycles. The van der Waals surface area contributed by atoms with Gasteiger partial charge in [-0.2, -0.15) is 0 Å². The Hall–Kier alpha value is -4.39. The highest BCUT2D eigenvalue weighted by atomic mass is 33.1. The summed E-state index contributed by atoms with van der Waals surface area (Å²) in [7, 11) is 5.84. The van der Waals surface area contributed by atoms with Crippen molar-refractivity contribution in [3.05, 3.63) is 82.5 Å². The summed E-state index contributed by atoms with van der Waals surface area (Å²) in [4.78, 5) is 4.66. The lowest BCUT2D eigenvalue weighted by molar-refractivity contribution is -0.0808. The number of pyridine rings is 1. The zero-order valence-electron chi connectivity index (χ0n) is 43.6. The third kappa shape index (κ3) is 12.3. The second-order valence-corrected chi connectivity index (χ2v) is 24.5. The predicted molar refractivity (Wildman–Crippen MR) is 294 cm³/mol. The van der Waals surface area contributed by atoms with Crippen molar-refractivity contribution in [1.82, 2.24) is 10.3 Å². The van der Waals surface area contributed by atoms with E-state index >= 15 is 0 Å². The van der Waals surface area contributed by atoms with Crippen molar-refractivity contribution in [2.45, 2.75) is 139 Å². The Kier molecular flexibility index (Phi) is 18.4. The van der Waals surface area contributed by atoms with E-state index in [4.69, 9.17) is 18.9 Å². The SMILES string of the molecule is COc1cc(C[C@@H]2[C@H](O)CSS[C@@H](CCO)c3cc(O)c(O[C@]45CC#Cc6c(ccc7ncccc67)[C@H](O)CC[C@@H]6CC[C@H](C)C[C@]67C#CCCNC[C@H](CC4)[C@H]7C5)cc3CC[C@H](OCO)C[C@H]2O)cc(OC)c1O. The van der Waals surface area contributed by atoms with Crippen molar-refractivity contribution in [1.29, 1.82) is 0 Å². The molecule has 3 aromatic carbocycles. The minimum absolute atomic E-state index is 0.0160. The number of aromatic nitrogens is 1. The van der Waals surface area contributed by atoms with Gasteiger partial charge in [0.2, 0.25) is 5.75 Å². The highest BCUT2D eigenvalue weighted by molar-refractivity contribution is 8.76. The average molecular weight is 1070 g/mol. The maximum Gasteiger partial charge on any atom is 0.200 e. The second kappa shape index (κ2) is 24.9. The number of phenolic OH excluding ortho intramolecular Hbond substituents is 2. The van der Waals surface area contributed by atoms with Gasteiger partial charge in [-0.3, -0.25) is 4.98 Å². The maximum atomic E-state index is 12.3. The van der Waals surface area contributed by atoms with E-state index < -0.39 is 42.7 Å². The number of nitrogens with zero attached hydrogens (tertiary/aromatic N) is 1. The third-order valence-electron chi connectivity index (χ3n) is 17.2. The Morgan fingerprint density at radius 1 is 0.880 bits per heavy atom. The Balaban J connectivity index is 1.10. The molecule has 2 fully saturated rings. The average Bonchev–Trinajstić information content (AvgIpc) is 3.49. The molecule has 4 aromatic rings. The number of benzene rings is 3. The zero-order valence-corrected chi connectivity index (χ0v) is 45.3. The lowest BCUT2D eigenvalue weighted by Gasteiger charge is -2.55. The zero-order chi connectivity index (χ0) is 52.7. The number of nitrogens with one attached hydrogen (secondary N) is 1. The quantitative estimate of drug-likeness (QED) is 0.0425. The summed E-state index contributed by atoms with van der Waals surface area (Å²) in [5.41, 5.74) is 3.66. The minimum Gasteiger partial charge on any atom is -0.504 e. The molecule has 3 aliphatic carbocycles. The summed E-state index contributed by atoms with van der Waals surface area (Å²) >= 11 is 0. The first-order valence-electron chi connectivity index (χ1n) is 27.1. The molecule has 15 heteroatoms. The molecule has 0 amide bonds. The monoisotopic (exact) mass is 1060 g/mol. The smallest absolute Gasteiger partial charge is 0.200 e. The Bertz CT molecular complexity index is 2710. The van der Waals surface area contributed by atoms with Crippen molar-refractivity contribution in [2.75, 3.05) is 46.5 Å². The number of aliphatic hydroxyl groups excluding tert-OH is 5. The first-order chi connectivity index (χ1) is 36.4. The van der Waals surface area contributed by atoms with Crippen LogP contribution in [-0.4, -0.2) is 111 Å². The molecule has 0 saturated heterocycles. The number of fused-ring (bicyclic) bond motifs is 5. The minimum atomic E-state index is -1.06. The third-order valence-corrected chi connectivity index (χ3v) is 20.1. The van der Waals surface area contributed by atoms with Crippen molar-refractivity contribution < 1.29 is 54.7 Å². The number of phenols is 2. The molecule has 5 aliphatic rings. The molecule has 2 saturated carbocycles. The van der Waals surface area contributed by atoms with Gasteiger partial charge in [0.05, 0.1) is 44.2 Å². The Morgan fingerprint density at radius 3 is 2.48 bits per heavy atom. The number of rotatable bonds is 10. The lowest BCUT2D eigenvalue weighted by atomic mass is 9.50. The molecule has 1 aromatic heterocycles. The highest BCUT2D eigenvalue weighted by Crippen LogP contribution is 2.59. The molecule has 8 N–H and O–H groups in total. The summed E-state index contributed by atoms with van der Waals surface area (Å²) in [5, 5.41) is 84.0. The normalized spacial score (nSPS) is 31.5. The van der Waals surface area contributed by atoms with Crippen molar-refractivity contribution in [3.8, 4) is 52.4 Å². The van der Waals surface area contributed by atoms with Crippen LogP contribution in [0.3, 0.4) is 0 Å². The van der Waals surface area contributed by atoms with E-state index in [0.29, 0.717) is 68.1 Å².